The summed E-state index contributed by atoms with van der Waals surface area (Å²) in [4.78, 5) is 10.2. The van der Waals surface area contributed by atoms with Crippen LogP contribution in [0.3, 0.4) is 0 Å². The van der Waals surface area contributed by atoms with Crippen molar-refractivity contribution in [3.05, 3.63) is 58.1 Å². The number of phenolic OH excluding ortho intramolecular Hbond substituents is 1. The molecule has 0 aliphatic rings. The number of ether oxygens (including phenoxy) is 1. The Balaban J connectivity index is 2.13. The Morgan fingerprint density at radius 1 is 1.24 bits per heavy atom. The van der Waals surface area contributed by atoms with Crippen LogP contribution in [0.1, 0.15) is 18.5 Å². The van der Waals surface area contributed by atoms with E-state index in [4.69, 9.17) is 4.74 Å². The number of methoxy groups -OCH3 is 1. The number of nitrogens with zero attached hydrogens (tertiary/aromatic N) is 1. The second-order valence-electron chi connectivity index (χ2n) is 4.60. The Hall–Kier alpha value is -2.76. The third-order valence-corrected chi connectivity index (χ3v) is 3.17. The molecule has 110 valence electrons. The van der Waals surface area contributed by atoms with Gasteiger partial charge in [0.2, 0.25) is 0 Å². The van der Waals surface area contributed by atoms with Crippen LogP contribution < -0.4 is 10.1 Å². The predicted molar refractivity (Wildman–Crippen MR) is 79.8 cm³/mol. The Morgan fingerprint density at radius 2 is 1.90 bits per heavy atom. The molecule has 0 saturated carbocycles. The Labute approximate surface area is 122 Å². The molecule has 6 nitrogen and oxygen atoms in total. The first-order valence-corrected chi connectivity index (χ1v) is 6.39. The molecular formula is C15H16N2O4. The summed E-state index contributed by atoms with van der Waals surface area (Å²) < 4.78 is 5.08. The highest BCUT2D eigenvalue weighted by atomic mass is 16.6. The van der Waals surface area contributed by atoms with E-state index in [9.17, 15) is 15.2 Å². The number of rotatable bonds is 5. The van der Waals surface area contributed by atoms with Gasteiger partial charge in [-0.05, 0) is 36.8 Å². The molecule has 2 rings (SSSR count). The molecule has 1 unspecified atom stereocenters. The lowest BCUT2D eigenvalue weighted by atomic mass is 10.1. The first-order chi connectivity index (χ1) is 10.0. The van der Waals surface area contributed by atoms with Gasteiger partial charge in [0, 0.05) is 23.9 Å². The number of hydrogen-bond acceptors (Lipinski definition) is 5. The Kier molecular flexibility index (Phi) is 4.27. The van der Waals surface area contributed by atoms with Crippen molar-refractivity contribution in [2.45, 2.75) is 13.0 Å². The summed E-state index contributed by atoms with van der Waals surface area (Å²) in [6.45, 7) is 1.95. The topological polar surface area (TPSA) is 84.6 Å². The minimum atomic E-state index is -0.432. The number of anilines is 1. The van der Waals surface area contributed by atoms with Gasteiger partial charge in [-0.3, -0.25) is 10.1 Å². The minimum Gasteiger partial charge on any atom is -0.504 e. The summed E-state index contributed by atoms with van der Waals surface area (Å²) in [6.07, 6.45) is 0. The average molecular weight is 288 g/mol. The second-order valence-corrected chi connectivity index (χ2v) is 4.60. The van der Waals surface area contributed by atoms with Crippen LogP contribution in [-0.4, -0.2) is 17.1 Å². The van der Waals surface area contributed by atoms with Crippen LogP contribution in [0.2, 0.25) is 0 Å². The van der Waals surface area contributed by atoms with Crippen molar-refractivity contribution in [1.29, 1.82) is 0 Å². The largest absolute Gasteiger partial charge is 0.504 e. The zero-order valence-corrected chi connectivity index (χ0v) is 11.7. The summed E-state index contributed by atoms with van der Waals surface area (Å²) in [5, 5.41) is 23.4. The van der Waals surface area contributed by atoms with E-state index in [1.807, 2.05) is 6.92 Å². The molecule has 0 radical (unpaired) electrons. The lowest BCUT2D eigenvalue weighted by Crippen LogP contribution is -2.06. The van der Waals surface area contributed by atoms with Crippen molar-refractivity contribution < 1.29 is 14.8 Å². The molecule has 0 amide bonds. The number of nitrogens with one attached hydrogen (secondary N) is 1. The van der Waals surface area contributed by atoms with Gasteiger partial charge in [0.25, 0.3) is 5.69 Å². The van der Waals surface area contributed by atoms with Gasteiger partial charge in [-0.15, -0.1) is 0 Å². The molecule has 0 aliphatic heterocycles. The molecule has 0 fully saturated rings. The lowest BCUT2D eigenvalue weighted by Gasteiger charge is -2.16. The Morgan fingerprint density at radius 3 is 2.48 bits per heavy atom. The minimum absolute atomic E-state index is 0.0408. The van der Waals surface area contributed by atoms with Crippen molar-refractivity contribution in [2.75, 3.05) is 12.4 Å². The quantitative estimate of drug-likeness (QED) is 0.650. The SMILES string of the molecule is COc1cc(C(C)Nc2ccc([N+](=O)[O-])cc2)ccc1O. The van der Waals surface area contributed by atoms with Crippen LogP contribution in [0, 0.1) is 10.1 Å². The standard InChI is InChI=1S/C15H16N2O4/c1-10(11-3-8-14(18)15(9-11)21-2)16-12-4-6-13(7-5-12)17(19)20/h3-10,16,18H,1-2H3. The molecule has 0 bridgehead atoms. The molecular weight excluding hydrogens is 272 g/mol. The first-order valence-electron chi connectivity index (χ1n) is 6.39. The van der Waals surface area contributed by atoms with E-state index in [1.165, 1.54) is 19.2 Å². The highest BCUT2D eigenvalue weighted by Gasteiger charge is 2.10. The van der Waals surface area contributed by atoms with E-state index in [0.717, 1.165) is 11.3 Å². The molecule has 2 aromatic carbocycles. The number of hydrogen-bond donors (Lipinski definition) is 2. The second kappa shape index (κ2) is 6.13. The van der Waals surface area contributed by atoms with Gasteiger partial charge in [0.15, 0.2) is 11.5 Å². The zero-order valence-electron chi connectivity index (χ0n) is 11.7. The van der Waals surface area contributed by atoms with Gasteiger partial charge < -0.3 is 15.2 Å². The smallest absolute Gasteiger partial charge is 0.269 e. The fourth-order valence-corrected chi connectivity index (χ4v) is 1.98. The van der Waals surface area contributed by atoms with Crippen molar-refractivity contribution in [1.82, 2.24) is 0 Å². The normalized spacial score (nSPS) is 11.7. The van der Waals surface area contributed by atoms with Crippen LogP contribution in [0.4, 0.5) is 11.4 Å². The molecule has 0 aliphatic carbocycles. The number of nitro benzene ring substituents is 1. The first kappa shape index (κ1) is 14.6. The van der Waals surface area contributed by atoms with E-state index in [2.05, 4.69) is 5.32 Å². The van der Waals surface area contributed by atoms with Gasteiger partial charge >= 0.3 is 0 Å². The number of aromatic hydroxyl groups is 1. The fourth-order valence-electron chi connectivity index (χ4n) is 1.98. The molecule has 0 aromatic heterocycles. The van der Waals surface area contributed by atoms with E-state index in [1.54, 1.807) is 30.3 Å². The van der Waals surface area contributed by atoms with Crippen molar-refractivity contribution in [3.63, 3.8) is 0 Å². The molecule has 21 heavy (non-hydrogen) atoms. The van der Waals surface area contributed by atoms with E-state index in [-0.39, 0.29) is 17.5 Å². The van der Waals surface area contributed by atoms with Crippen LogP contribution in [0.15, 0.2) is 42.5 Å². The summed E-state index contributed by atoms with van der Waals surface area (Å²) in [7, 11) is 1.49. The average Bonchev–Trinajstić information content (AvgIpc) is 2.48. The maximum absolute atomic E-state index is 10.6. The molecule has 6 heteroatoms. The highest BCUT2D eigenvalue weighted by Crippen LogP contribution is 2.30. The van der Waals surface area contributed by atoms with E-state index < -0.39 is 4.92 Å². The molecule has 0 heterocycles. The van der Waals surface area contributed by atoms with Crippen LogP contribution in [0.5, 0.6) is 11.5 Å². The monoisotopic (exact) mass is 288 g/mol. The number of non-ortho nitro benzene ring substituents is 1. The van der Waals surface area contributed by atoms with Crippen molar-refractivity contribution in [2.24, 2.45) is 0 Å². The maximum atomic E-state index is 10.6. The zero-order chi connectivity index (χ0) is 15.4. The van der Waals surface area contributed by atoms with E-state index >= 15 is 0 Å². The van der Waals surface area contributed by atoms with Crippen LogP contribution >= 0.6 is 0 Å². The Bertz CT molecular complexity index is 641. The third-order valence-electron chi connectivity index (χ3n) is 3.17. The van der Waals surface area contributed by atoms with Gasteiger partial charge in [0.05, 0.1) is 12.0 Å². The van der Waals surface area contributed by atoms with E-state index in [0.29, 0.717) is 5.75 Å². The number of nitro groups is 1. The summed E-state index contributed by atoms with van der Waals surface area (Å²) in [5.74, 6) is 0.494. The fraction of sp³-hybridized carbons (Fsp3) is 0.200. The van der Waals surface area contributed by atoms with Crippen LogP contribution in [-0.2, 0) is 0 Å². The van der Waals surface area contributed by atoms with Crippen molar-refractivity contribution >= 4 is 11.4 Å². The molecule has 2 N–H and O–H groups in total. The highest BCUT2D eigenvalue weighted by molar-refractivity contribution is 5.51. The van der Waals surface area contributed by atoms with Gasteiger partial charge in [0.1, 0.15) is 0 Å². The molecule has 2 aromatic rings. The third kappa shape index (κ3) is 3.42. The summed E-state index contributed by atoms with van der Waals surface area (Å²) >= 11 is 0. The van der Waals surface area contributed by atoms with Gasteiger partial charge in [-0.25, -0.2) is 0 Å². The lowest BCUT2D eigenvalue weighted by molar-refractivity contribution is -0.384. The predicted octanol–water partition coefficient (Wildman–Crippen LogP) is 3.48. The van der Waals surface area contributed by atoms with Crippen LogP contribution in [0.25, 0.3) is 0 Å². The summed E-state index contributed by atoms with van der Waals surface area (Å²) in [6, 6.07) is 11.3. The van der Waals surface area contributed by atoms with Gasteiger partial charge in [-0.2, -0.15) is 0 Å². The molecule has 1 atom stereocenters. The molecule has 0 saturated heterocycles. The molecule has 0 spiro atoms. The van der Waals surface area contributed by atoms with Gasteiger partial charge in [-0.1, -0.05) is 6.07 Å². The maximum Gasteiger partial charge on any atom is 0.269 e. The number of benzene rings is 2. The van der Waals surface area contributed by atoms with Crippen molar-refractivity contribution in [3.8, 4) is 11.5 Å². The number of phenols is 1. The summed E-state index contributed by atoms with van der Waals surface area (Å²) in [5.41, 5.74) is 1.77.